The van der Waals surface area contributed by atoms with Crippen molar-refractivity contribution in [1.29, 1.82) is 0 Å². The summed E-state index contributed by atoms with van der Waals surface area (Å²) in [6.07, 6.45) is 13.4. The van der Waals surface area contributed by atoms with Crippen LogP contribution in [-0.2, 0) is 6.42 Å². The Morgan fingerprint density at radius 2 is 1.50 bits per heavy atom. The van der Waals surface area contributed by atoms with Crippen LogP contribution in [-0.4, -0.2) is 0 Å². The minimum atomic E-state index is -0.803. The highest BCUT2D eigenvalue weighted by Gasteiger charge is 2.24. The lowest BCUT2D eigenvalue weighted by Crippen LogP contribution is -2.14. The van der Waals surface area contributed by atoms with E-state index in [1.807, 2.05) is 31.2 Å². The zero-order valence-corrected chi connectivity index (χ0v) is 21.5. The summed E-state index contributed by atoms with van der Waals surface area (Å²) in [5.74, 6) is -0.663. The summed E-state index contributed by atoms with van der Waals surface area (Å²) in [7, 11) is 0. The van der Waals surface area contributed by atoms with Crippen molar-refractivity contribution in [2.75, 3.05) is 0 Å². The molecular formula is C33H37F3. The predicted molar refractivity (Wildman–Crippen MR) is 145 cm³/mol. The molecule has 0 heterocycles. The van der Waals surface area contributed by atoms with E-state index in [1.54, 1.807) is 30.3 Å². The Morgan fingerprint density at radius 3 is 2.17 bits per heavy atom. The van der Waals surface area contributed by atoms with Gasteiger partial charge in [0.15, 0.2) is 11.6 Å². The molecule has 0 saturated heterocycles. The average molecular weight is 491 g/mol. The molecule has 0 spiro atoms. The lowest BCUT2D eigenvalue weighted by Gasteiger charge is -2.29. The maximum absolute atomic E-state index is 15.1. The molecule has 3 aromatic carbocycles. The monoisotopic (exact) mass is 490 g/mol. The molecule has 0 radical (unpaired) electrons. The fraction of sp³-hybridized carbons (Fsp3) is 0.394. The molecule has 0 N–H and O–H groups in total. The average Bonchev–Trinajstić information content (AvgIpc) is 2.90. The van der Waals surface area contributed by atoms with Crippen LogP contribution in [0.15, 0.2) is 66.7 Å². The van der Waals surface area contributed by atoms with Gasteiger partial charge in [-0.25, -0.2) is 13.2 Å². The molecule has 190 valence electrons. The lowest BCUT2D eigenvalue weighted by molar-refractivity contribution is 0.308. The van der Waals surface area contributed by atoms with Crippen LogP contribution in [0.3, 0.4) is 0 Å². The fourth-order valence-electron chi connectivity index (χ4n) is 5.51. The van der Waals surface area contributed by atoms with Gasteiger partial charge in [0.25, 0.3) is 0 Å². The third kappa shape index (κ3) is 6.11. The number of allylic oxidation sites excluding steroid dienone is 2. The smallest absolute Gasteiger partial charge is 0.166 e. The molecule has 0 bridgehead atoms. The number of unbranched alkanes of at least 4 members (excludes halogenated alkanes) is 1. The zero-order valence-electron chi connectivity index (χ0n) is 21.5. The van der Waals surface area contributed by atoms with Crippen LogP contribution in [0.4, 0.5) is 13.2 Å². The molecule has 1 saturated carbocycles. The van der Waals surface area contributed by atoms with Crippen LogP contribution in [0.5, 0.6) is 0 Å². The van der Waals surface area contributed by atoms with Gasteiger partial charge in [0.2, 0.25) is 0 Å². The van der Waals surface area contributed by atoms with E-state index in [1.165, 1.54) is 19.3 Å². The minimum absolute atomic E-state index is 0.148. The normalized spacial score (nSPS) is 18.1. The van der Waals surface area contributed by atoms with E-state index in [0.717, 1.165) is 54.7 Å². The zero-order chi connectivity index (χ0) is 25.5. The Labute approximate surface area is 214 Å². The second kappa shape index (κ2) is 12.4. The van der Waals surface area contributed by atoms with Gasteiger partial charge in [-0.1, -0.05) is 74.0 Å². The van der Waals surface area contributed by atoms with Crippen LogP contribution < -0.4 is 0 Å². The molecule has 1 aliphatic carbocycles. The summed E-state index contributed by atoms with van der Waals surface area (Å²) in [6, 6.07) is 16.1. The molecule has 3 heteroatoms. The van der Waals surface area contributed by atoms with E-state index in [-0.39, 0.29) is 17.3 Å². The quantitative estimate of drug-likeness (QED) is 0.262. The second-order valence-corrected chi connectivity index (χ2v) is 10.2. The molecule has 0 amide bonds. The maximum Gasteiger partial charge on any atom is 0.166 e. The standard InChI is InChI=1S/C33H37F3/c1-3-5-7-8-23-10-12-25(13-11-23)29-20-19-28(22-31(29)34)24-14-16-26(17-15-24)30-21-18-27(9-6-4-2)32(35)33(30)36/h3,5,14-23,25H,4,6-13H2,1-2H3. The lowest BCUT2D eigenvalue weighted by atomic mass is 9.77. The fourth-order valence-corrected chi connectivity index (χ4v) is 5.51. The van der Waals surface area contributed by atoms with Crippen LogP contribution >= 0.6 is 0 Å². The number of rotatable bonds is 9. The first-order chi connectivity index (χ1) is 17.5. The summed E-state index contributed by atoms with van der Waals surface area (Å²) in [6.45, 7) is 4.09. The summed E-state index contributed by atoms with van der Waals surface area (Å²) >= 11 is 0. The van der Waals surface area contributed by atoms with Gasteiger partial charge in [-0.15, -0.1) is 0 Å². The molecular weight excluding hydrogens is 453 g/mol. The third-order valence-electron chi connectivity index (χ3n) is 7.76. The van der Waals surface area contributed by atoms with Crippen LogP contribution in [0.2, 0.25) is 0 Å². The second-order valence-electron chi connectivity index (χ2n) is 10.2. The third-order valence-corrected chi connectivity index (χ3v) is 7.76. The summed E-state index contributed by atoms with van der Waals surface area (Å²) < 4.78 is 44.4. The summed E-state index contributed by atoms with van der Waals surface area (Å²) in [5.41, 5.74) is 3.76. The van der Waals surface area contributed by atoms with Crippen molar-refractivity contribution in [1.82, 2.24) is 0 Å². The van der Waals surface area contributed by atoms with Crippen molar-refractivity contribution in [3.8, 4) is 22.3 Å². The van der Waals surface area contributed by atoms with Crippen LogP contribution in [0.1, 0.15) is 82.3 Å². The van der Waals surface area contributed by atoms with Gasteiger partial charge in [-0.05, 0) is 104 Å². The van der Waals surface area contributed by atoms with Crippen molar-refractivity contribution in [2.24, 2.45) is 5.92 Å². The summed E-state index contributed by atoms with van der Waals surface area (Å²) in [5, 5.41) is 0. The largest absolute Gasteiger partial charge is 0.207 e. The van der Waals surface area contributed by atoms with E-state index >= 15 is 4.39 Å². The van der Waals surface area contributed by atoms with Gasteiger partial charge in [0, 0.05) is 5.56 Å². The molecule has 0 aromatic heterocycles. The van der Waals surface area contributed by atoms with Crippen LogP contribution in [0, 0.1) is 23.4 Å². The van der Waals surface area contributed by atoms with Crippen molar-refractivity contribution >= 4 is 0 Å². The van der Waals surface area contributed by atoms with Gasteiger partial charge in [-0.3, -0.25) is 0 Å². The molecule has 0 nitrogen and oxygen atoms in total. The SMILES string of the molecule is CC=CCCC1CCC(c2ccc(-c3ccc(-c4ccc(CCCC)c(F)c4F)cc3)cc2F)CC1. The molecule has 0 unspecified atom stereocenters. The first kappa shape index (κ1) is 26.3. The molecule has 1 aliphatic rings. The molecule has 36 heavy (non-hydrogen) atoms. The first-order valence-electron chi connectivity index (χ1n) is 13.5. The highest BCUT2D eigenvalue weighted by Crippen LogP contribution is 2.39. The van der Waals surface area contributed by atoms with Crippen molar-refractivity contribution in [3.63, 3.8) is 0 Å². The molecule has 0 aliphatic heterocycles. The number of benzene rings is 3. The van der Waals surface area contributed by atoms with Gasteiger partial charge in [0.1, 0.15) is 5.82 Å². The minimum Gasteiger partial charge on any atom is -0.207 e. The van der Waals surface area contributed by atoms with E-state index < -0.39 is 11.6 Å². The summed E-state index contributed by atoms with van der Waals surface area (Å²) in [4.78, 5) is 0. The first-order valence-corrected chi connectivity index (χ1v) is 13.5. The van der Waals surface area contributed by atoms with Gasteiger partial charge >= 0.3 is 0 Å². The highest BCUT2D eigenvalue weighted by molar-refractivity contribution is 5.71. The van der Waals surface area contributed by atoms with E-state index in [0.29, 0.717) is 17.5 Å². The van der Waals surface area contributed by atoms with Crippen molar-refractivity contribution in [2.45, 2.75) is 77.6 Å². The predicted octanol–water partition coefficient (Wildman–Crippen LogP) is 10.4. The molecule has 4 rings (SSSR count). The number of aryl methyl sites for hydroxylation is 1. The number of hydrogen-bond donors (Lipinski definition) is 0. The van der Waals surface area contributed by atoms with Crippen molar-refractivity contribution in [3.05, 3.63) is 95.3 Å². The van der Waals surface area contributed by atoms with Crippen LogP contribution in [0.25, 0.3) is 22.3 Å². The van der Waals surface area contributed by atoms with Gasteiger partial charge in [0.05, 0.1) is 0 Å². The topological polar surface area (TPSA) is 0 Å². The Balaban J connectivity index is 1.44. The Kier molecular flexibility index (Phi) is 9.07. The Morgan fingerprint density at radius 1 is 0.806 bits per heavy atom. The maximum atomic E-state index is 15.1. The molecule has 0 atom stereocenters. The van der Waals surface area contributed by atoms with E-state index in [9.17, 15) is 8.78 Å². The van der Waals surface area contributed by atoms with E-state index in [2.05, 4.69) is 19.1 Å². The van der Waals surface area contributed by atoms with Crippen molar-refractivity contribution < 1.29 is 13.2 Å². The van der Waals surface area contributed by atoms with Gasteiger partial charge in [-0.2, -0.15) is 0 Å². The Bertz CT molecular complexity index is 1170. The number of halogens is 3. The Hall–Kier alpha value is -2.81. The van der Waals surface area contributed by atoms with E-state index in [4.69, 9.17) is 0 Å². The highest BCUT2D eigenvalue weighted by atomic mass is 19.2. The molecule has 3 aromatic rings. The van der Waals surface area contributed by atoms with Gasteiger partial charge < -0.3 is 0 Å². The number of hydrogen-bond acceptors (Lipinski definition) is 0. The molecule has 1 fully saturated rings.